The lowest BCUT2D eigenvalue weighted by molar-refractivity contribution is -0.160. The van der Waals surface area contributed by atoms with E-state index in [0.717, 1.165) is 12.8 Å². The number of hydrogen-bond acceptors (Lipinski definition) is 4. The number of carbonyl (C=O) groups is 2. The zero-order chi connectivity index (χ0) is 15.3. The number of likely N-dealkylation sites (tertiary alicyclic amines) is 1. The molecule has 0 aromatic rings. The van der Waals surface area contributed by atoms with Crippen molar-refractivity contribution in [3.63, 3.8) is 0 Å². The molecular weight excluding hydrogens is 274 g/mol. The molecule has 1 amide bonds. The standard InChI is InChI=1S/C15H25NO5/c1-20-11-15(14(18)19)7-4-8-16(10-15)13(17)9-21-12-5-2-3-6-12/h12H,2-11H2,1H3,(H,18,19). The molecule has 1 aliphatic carbocycles. The van der Waals surface area contributed by atoms with E-state index in [1.165, 1.54) is 20.0 Å². The number of ether oxygens (including phenoxy) is 2. The lowest BCUT2D eigenvalue weighted by atomic mass is 9.80. The van der Waals surface area contributed by atoms with E-state index in [4.69, 9.17) is 9.47 Å². The number of aliphatic carboxylic acids is 1. The largest absolute Gasteiger partial charge is 0.481 e. The summed E-state index contributed by atoms with van der Waals surface area (Å²) in [6.45, 7) is 1.01. The first-order valence-corrected chi connectivity index (χ1v) is 7.69. The van der Waals surface area contributed by atoms with Gasteiger partial charge in [0, 0.05) is 20.2 Å². The summed E-state index contributed by atoms with van der Waals surface area (Å²) in [6, 6.07) is 0. The van der Waals surface area contributed by atoms with Crippen LogP contribution in [0.15, 0.2) is 0 Å². The van der Waals surface area contributed by atoms with Crippen LogP contribution in [-0.2, 0) is 19.1 Å². The molecule has 120 valence electrons. The van der Waals surface area contributed by atoms with Gasteiger partial charge in [-0.2, -0.15) is 0 Å². The SMILES string of the molecule is COCC1(C(=O)O)CCCN(C(=O)COC2CCCC2)C1. The third kappa shape index (κ3) is 3.95. The molecule has 2 rings (SSSR count). The summed E-state index contributed by atoms with van der Waals surface area (Å²) in [7, 11) is 1.49. The fourth-order valence-corrected chi connectivity index (χ4v) is 3.31. The van der Waals surface area contributed by atoms with Gasteiger partial charge in [-0.1, -0.05) is 12.8 Å². The third-order valence-electron chi connectivity index (χ3n) is 4.55. The zero-order valence-corrected chi connectivity index (χ0v) is 12.7. The molecule has 6 nitrogen and oxygen atoms in total. The van der Waals surface area contributed by atoms with Crippen molar-refractivity contribution in [2.45, 2.75) is 44.6 Å². The Morgan fingerprint density at radius 1 is 1.29 bits per heavy atom. The maximum atomic E-state index is 12.2. The highest BCUT2D eigenvalue weighted by molar-refractivity contribution is 5.80. The predicted octanol–water partition coefficient (Wildman–Crippen LogP) is 1.29. The lowest BCUT2D eigenvalue weighted by Gasteiger charge is -2.39. The van der Waals surface area contributed by atoms with Gasteiger partial charge in [0.15, 0.2) is 0 Å². The number of amides is 1. The summed E-state index contributed by atoms with van der Waals surface area (Å²) in [5.74, 6) is -0.998. The second-order valence-electron chi connectivity index (χ2n) is 6.15. The van der Waals surface area contributed by atoms with Crippen molar-refractivity contribution in [2.75, 3.05) is 33.4 Å². The second kappa shape index (κ2) is 7.22. The molecule has 2 fully saturated rings. The fraction of sp³-hybridized carbons (Fsp3) is 0.867. The van der Waals surface area contributed by atoms with Crippen LogP contribution < -0.4 is 0 Å². The van der Waals surface area contributed by atoms with Gasteiger partial charge < -0.3 is 19.5 Å². The monoisotopic (exact) mass is 299 g/mol. The summed E-state index contributed by atoms with van der Waals surface area (Å²) in [5, 5.41) is 9.47. The number of piperidine rings is 1. The number of carboxylic acids is 1. The van der Waals surface area contributed by atoms with E-state index in [1.54, 1.807) is 4.90 Å². The molecule has 0 bridgehead atoms. The second-order valence-corrected chi connectivity index (χ2v) is 6.15. The topological polar surface area (TPSA) is 76.1 Å². The molecule has 1 N–H and O–H groups in total. The van der Waals surface area contributed by atoms with E-state index in [9.17, 15) is 14.7 Å². The van der Waals surface area contributed by atoms with Crippen LogP contribution in [0.5, 0.6) is 0 Å². The van der Waals surface area contributed by atoms with Crippen LogP contribution in [0.4, 0.5) is 0 Å². The molecule has 6 heteroatoms. The molecule has 0 aromatic heterocycles. The summed E-state index contributed by atoms with van der Waals surface area (Å²) in [6.07, 6.45) is 5.80. The Labute approximate surface area is 125 Å². The van der Waals surface area contributed by atoms with Crippen LogP contribution >= 0.6 is 0 Å². The molecule has 0 radical (unpaired) electrons. The van der Waals surface area contributed by atoms with Crippen LogP contribution in [0.3, 0.4) is 0 Å². The van der Waals surface area contributed by atoms with Crippen LogP contribution in [-0.4, -0.2) is 61.4 Å². The van der Waals surface area contributed by atoms with Crippen LogP contribution in [0, 0.1) is 5.41 Å². The average Bonchev–Trinajstić information content (AvgIpc) is 2.98. The van der Waals surface area contributed by atoms with E-state index >= 15 is 0 Å². The Kier molecular flexibility index (Phi) is 5.58. The van der Waals surface area contributed by atoms with E-state index in [1.807, 2.05) is 0 Å². The van der Waals surface area contributed by atoms with Gasteiger partial charge in [-0.15, -0.1) is 0 Å². The Hall–Kier alpha value is -1.14. The van der Waals surface area contributed by atoms with E-state index in [0.29, 0.717) is 19.4 Å². The minimum absolute atomic E-state index is 0.0628. The molecule has 2 aliphatic rings. The van der Waals surface area contributed by atoms with Gasteiger partial charge in [0.2, 0.25) is 5.91 Å². The molecule has 1 heterocycles. The molecule has 1 saturated carbocycles. The number of hydrogen-bond donors (Lipinski definition) is 1. The van der Waals surface area contributed by atoms with Gasteiger partial charge in [0.1, 0.15) is 12.0 Å². The van der Waals surface area contributed by atoms with E-state index in [-0.39, 0.29) is 31.8 Å². The summed E-state index contributed by atoms with van der Waals surface area (Å²) in [5.41, 5.74) is -0.976. The molecular formula is C15H25NO5. The van der Waals surface area contributed by atoms with Gasteiger partial charge >= 0.3 is 5.97 Å². The number of methoxy groups -OCH3 is 1. The van der Waals surface area contributed by atoms with Crippen molar-refractivity contribution in [3.8, 4) is 0 Å². The average molecular weight is 299 g/mol. The van der Waals surface area contributed by atoms with Crippen molar-refractivity contribution >= 4 is 11.9 Å². The fourth-order valence-electron chi connectivity index (χ4n) is 3.31. The molecule has 0 aromatic carbocycles. The highest BCUT2D eigenvalue weighted by Gasteiger charge is 2.43. The summed E-state index contributed by atoms with van der Waals surface area (Å²) in [4.78, 5) is 25.4. The smallest absolute Gasteiger partial charge is 0.313 e. The number of carbonyl (C=O) groups excluding carboxylic acids is 1. The van der Waals surface area contributed by atoms with Crippen molar-refractivity contribution in [3.05, 3.63) is 0 Å². The first kappa shape index (κ1) is 16.2. The highest BCUT2D eigenvalue weighted by Crippen LogP contribution is 2.31. The first-order chi connectivity index (χ1) is 10.1. The minimum atomic E-state index is -0.976. The van der Waals surface area contributed by atoms with Crippen molar-refractivity contribution in [2.24, 2.45) is 5.41 Å². The zero-order valence-electron chi connectivity index (χ0n) is 12.7. The van der Waals surface area contributed by atoms with Crippen molar-refractivity contribution < 1.29 is 24.2 Å². The van der Waals surface area contributed by atoms with Crippen LogP contribution in [0.25, 0.3) is 0 Å². The molecule has 1 unspecified atom stereocenters. The van der Waals surface area contributed by atoms with Crippen LogP contribution in [0.2, 0.25) is 0 Å². The predicted molar refractivity (Wildman–Crippen MR) is 76.0 cm³/mol. The molecule has 1 saturated heterocycles. The maximum Gasteiger partial charge on any atom is 0.313 e. The Bertz CT molecular complexity index is 376. The van der Waals surface area contributed by atoms with Crippen LogP contribution in [0.1, 0.15) is 38.5 Å². The number of nitrogens with zero attached hydrogens (tertiary/aromatic N) is 1. The van der Waals surface area contributed by atoms with E-state index < -0.39 is 11.4 Å². The molecule has 1 aliphatic heterocycles. The Morgan fingerprint density at radius 3 is 2.62 bits per heavy atom. The van der Waals surface area contributed by atoms with Crippen molar-refractivity contribution in [1.82, 2.24) is 4.90 Å². The third-order valence-corrected chi connectivity index (χ3v) is 4.55. The van der Waals surface area contributed by atoms with Gasteiger partial charge in [-0.25, -0.2) is 0 Å². The van der Waals surface area contributed by atoms with Gasteiger partial charge in [-0.05, 0) is 25.7 Å². The lowest BCUT2D eigenvalue weighted by Crippen LogP contribution is -2.52. The quantitative estimate of drug-likeness (QED) is 0.799. The molecule has 21 heavy (non-hydrogen) atoms. The van der Waals surface area contributed by atoms with Gasteiger partial charge in [0.05, 0.1) is 12.7 Å². The Morgan fingerprint density at radius 2 is 2.00 bits per heavy atom. The highest BCUT2D eigenvalue weighted by atomic mass is 16.5. The number of rotatable bonds is 6. The van der Waals surface area contributed by atoms with Gasteiger partial charge in [-0.3, -0.25) is 9.59 Å². The van der Waals surface area contributed by atoms with E-state index in [2.05, 4.69) is 0 Å². The number of carboxylic acid groups (broad SMARTS) is 1. The van der Waals surface area contributed by atoms with Crippen molar-refractivity contribution in [1.29, 1.82) is 0 Å². The first-order valence-electron chi connectivity index (χ1n) is 7.69. The molecule has 1 atom stereocenters. The summed E-state index contributed by atoms with van der Waals surface area (Å²) >= 11 is 0. The van der Waals surface area contributed by atoms with Gasteiger partial charge in [0.25, 0.3) is 0 Å². The maximum absolute atomic E-state index is 12.2. The normalized spacial score (nSPS) is 27.0. The summed E-state index contributed by atoms with van der Waals surface area (Å²) < 4.78 is 10.7. The Balaban J connectivity index is 1.89. The molecule has 0 spiro atoms. The minimum Gasteiger partial charge on any atom is -0.481 e.